The van der Waals surface area contributed by atoms with Crippen molar-refractivity contribution >= 4 is 29.1 Å². The van der Waals surface area contributed by atoms with Gasteiger partial charge in [0.05, 0.1) is 18.5 Å². The Morgan fingerprint density at radius 1 is 1.18 bits per heavy atom. The summed E-state index contributed by atoms with van der Waals surface area (Å²) < 4.78 is 11.0. The Kier molecular flexibility index (Phi) is 6.82. The summed E-state index contributed by atoms with van der Waals surface area (Å²) in [5, 5.41) is 3.03. The number of hydrogen-bond acceptors (Lipinski definition) is 5. The van der Waals surface area contributed by atoms with E-state index in [0.717, 1.165) is 31.2 Å². The third kappa shape index (κ3) is 5.10. The first kappa shape index (κ1) is 22.6. The molecule has 0 saturated heterocycles. The molecule has 8 nitrogen and oxygen atoms in total. The minimum Gasteiger partial charge on any atom is -0.495 e. The molecule has 1 aliphatic heterocycles. The Morgan fingerprint density at radius 2 is 1.94 bits per heavy atom. The van der Waals surface area contributed by atoms with Gasteiger partial charge in [-0.3, -0.25) is 24.2 Å². The van der Waals surface area contributed by atoms with Gasteiger partial charge in [-0.05, 0) is 49.6 Å². The molecule has 1 saturated carbocycles. The first-order chi connectivity index (χ1) is 16.0. The number of fused-ring (bicyclic) bond motifs is 1. The van der Waals surface area contributed by atoms with Gasteiger partial charge in [0.2, 0.25) is 11.8 Å². The number of rotatable bonds is 7. The molecule has 8 heteroatoms. The first-order valence-corrected chi connectivity index (χ1v) is 11.2. The van der Waals surface area contributed by atoms with Crippen molar-refractivity contribution in [1.82, 2.24) is 5.32 Å². The predicted octanol–water partition coefficient (Wildman–Crippen LogP) is 2.82. The van der Waals surface area contributed by atoms with Crippen molar-refractivity contribution in [2.24, 2.45) is 0 Å². The molecule has 1 fully saturated rings. The largest absolute Gasteiger partial charge is 0.495 e. The Morgan fingerprint density at radius 3 is 2.70 bits per heavy atom. The van der Waals surface area contributed by atoms with Crippen molar-refractivity contribution in [2.75, 3.05) is 36.6 Å². The van der Waals surface area contributed by atoms with Crippen molar-refractivity contribution in [2.45, 2.75) is 38.6 Å². The lowest BCUT2D eigenvalue weighted by molar-refractivity contribution is -0.125. The number of carbonyl (C=O) groups excluding carboxylic acids is 3. The lowest BCUT2D eigenvalue weighted by atomic mass is 10.1. The van der Waals surface area contributed by atoms with Gasteiger partial charge in [0.1, 0.15) is 24.6 Å². The fraction of sp³-hybridized carbons (Fsp3) is 0.400. The molecule has 2 aromatic carbocycles. The molecule has 0 aromatic heterocycles. The van der Waals surface area contributed by atoms with E-state index in [1.807, 2.05) is 19.1 Å². The number of nitrogens with zero attached hydrogens (tertiary/aromatic N) is 2. The molecular weight excluding hydrogens is 422 g/mol. The van der Waals surface area contributed by atoms with E-state index in [1.165, 1.54) is 16.9 Å². The Labute approximate surface area is 193 Å². The van der Waals surface area contributed by atoms with E-state index in [9.17, 15) is 14.4 Å². The van der Waals surface area contributed by atoms with Crippen LogP contribution in [0.15, 0.2) is 42.5 Å². The minimum atomic E-state index is -0.385. The highest BCUT2D eigenvalue weighted by Crippen LogP contribution is 2.34. The molecule has 0 unspecified atom stereocenters. The zero-order chi connectivity index (χ0) is 23.4. The van der Waals surface area contributed by atoms with Crippen LogP contribution < -0.4 is 24.6 Å². The maximum atomic E-state index is 13.5. The number of anilines is 2. The predicted molar refractivity (Wildman–Crippen MR) is 125 cm³/mol. The van der Waals surface area contributed by atoms with Crippen LogP contribution in [0.5, 0.6) is 11.5 Å². The van der Waals surface area contributed by atoms with Crippen LogP contribution in [0.3, 0.4) is 0 Å². The van der Waals surface area contributed by atoms with Crippen molar-refractivity contribution in [1.29, 1.82) is 0 Å². The lowest BCUT2D eigenvalue weighted by Crippen LogP contribution is -2.49. The number of amides is 3. The molecule has 2 aromatic rings. The summed E-state index contributed by atoms with van der Waals surface area (Å²) in [5.74, 6) is 0.103. The molecular formula is C25H29N3O5. The van der Waals surface area contributed by atoms with E-state index < -0.39 is 0 Å². The highest BCUT2D eigenvalue weighted by atomic mass is 16.5. The van der Waals surface area contributed by atoms with Crippen molar-refractivity contribution in [3.8, 4) is 11.5 Å². The number of ether oxygens (including phenoxy) is 2. The number of methoxy groups -OCH3 is 1. The van der Waals surface area contributed by atoms with Crippen LogP contribution in [-0.4, -0.2) is 50.6 Å². The molecule has 3 amide bonds. The molecule has 1 aliphatic carbocycles. The quantitative estimate of drug-likeness (QED) is 0.699. The van der Waals surface area contributed by atoms with Gasteiger partial charge < -0.3 is 14.8 Å². The second kappa shape index (κ2) is 9.94. The maximum absolute atomic E-state index is 13.5. The van der Waals surface area contributed by atoms with E-state index in [4.69, 9.17) is 9.47 Å². The third-order valence-electron chi connectivity index (χ3n) is 6.05. The molecule has 33 heavy (non-hydrogen) atoms. The molecule has 0 atom stereocenters. The van der Waals surface area contributed by atoms with Crippen molar-refractivity contribution in [3.05, 3.63) is 48.0 Å². The summed E-state index contributed by atoms with van der Waals surface area (Å²) in [4.78, 5) is 41.9. The second-order valence-corrected chi connectivity index (χ2v) is 8.44. The highest BCUT2D eigenvalue weighted by molar-refractivity contribution is 6.07. The van der Waals surface area contributed by atoms with E-state index in [0.29, 0.717) is 22.9 Å². The molecule has 4 rings (SSSR count). The number of nitrogens with one attached hydrogen (secondary N) is 1. The smallest absolute Gasteiger partial charge is 0.265 e. The summed E-state index contributed by atoms with van der Waals surface area (Å²) in [5.41, 5.74) is 1.98. The summed E-state index contributed by atoms with van der Waals surface area (Å²) in [7, 11) is 1.52. The van der Waals surface area contributed by atoms with Crippen LogP contribution in [0.1, 0.15) is 31.2 Å². The number of benzene rings is 2. The maximum Gasteiger partial charge on any atom is 0.265 e. The molecule has 0 spiro atoms. The van der Waals surface area contributed by atoms with Crippen LogP contribution in [0.4, 0.5) is 11.4 Å². The van der Waals surface area contributed by atoms with Crippen LogP contribution in [-0.2, 0) is 14.4 Å². The SMILES string of the molecule is COc1ccccc1N(CC(=O)NC1CCCC1)C(=O)CN1C(=O)COc2ccc(C)cc21. The summed E-state index contributed by atoms with van der Waals surface area (Å²) in [6.45, 7) is 1.40. The molecule has 2 aliphatic rings. The standard InChI is InChI=1S/C25H29N3O5/c1-17-11-12-22-20(13-17)28(25(31)16-33-22)15-24(30)27(19-9-5-6-10-21(19)32-2)14-23(29)26-18-7-3-4-8-18/h5-6,9-13,18H,3-4,7-8,14-16H2,1-2H3,(H,26,29). The van der Waals surface area contributed by atoms with Gasteiger partial charge in [0.25, 0.3) is 5.91 Å². The summed E-state index contributed by atoms with van der Waals surface area (Å²) >= 11 is 0. The fourth-order valence-corrected chi connectivity index (χ4v) is 4.35. The van der Waals surface area contributed by atoms with Crippen LogP contribution in [0, 0.1) is 6.92 Å². The average Bonchev–Trinajstić information content (AvgIpc) is 3.32. The van der Waals surface area contributed by atoms with Gasteiger partial charge in [-0.1, -0.05) is 31.0 Å². The highest BCUT2D eigenvalue weighted by Gasteiger charge is 2.31. The Hall–Kier alpha value is -3.55. The zero-order valence-electron chi connectivity index (χ0n) is 19.0. The molecule has 0 radical (unpaired) electrons. The van der Waals surface area contributed by atoms with E-state index >= 15 is 0 Å². The van der Waals surface area contributed by atoms with Gasteiger partial charge in [0.15, 0.2) is 6.61 Å². The van der Waals surface area contributed by atoms with Gasteiger partial charge in [0, 0.05) is 6.04 Å². The van der Waals surface area contributed by atoms with E-state index in [1.54, 1.807) is 30.3 Å². The van der Waals surface area contributed by atoms with Gasteiger partial charge >= 0.3 is 0 Å². The number of aryl methyl sites for hydroxylation is 1. The van der Waals surface area contributed by atoms with Crippen LogP contribution in [0.25, 0.3) is 0 Å². The van der Waals surface area contributed by atoms with Gasteiger partial charge in [-0.2, -0.15) is 0 Å². The Bertz CT molecular complexity index is 1050. The Balaban J connectivity index is 1.60. The van der Waals surface area contributed by atoms with Crippen molar-refractivity contribution < 1.29 is 23.9 Å². The summed E-state index contributed by atoms with van der Waals surface area (Å²) in [6, 6.07) is 12.7. The van der Waals surface area contributed by atoms with Crippen molar-refractivity contribution in [3.63, 3.8) is 0 Å². The van der Waals surface area contributed by atoms with Gasteiger partial charge in [-0.15, -0.1) is 0 Å². The van der Waals surface area contributed by atoms with E-state index in [2.05, 4.69) is 5.32 Å². The number of carbonyl (C=O) groups is 3. The third-order valence-corrected chi connectivity index (χ3v) is 6.05. The van der Waals surface area contributed by atoms with E-state index in [-0.39, 0.29) is 43.5 Å². The number of para-hydroxylation sites is 2. The summed E-state index contributed by atoms with van der Waals surface area (Å²) in [6.07, 6.45) is 4.09. The van der Waals surface area contributed by atoms with Crippen LogP contribution in [0.2, 0.25) is 0 Å². The minimum absolute atomic E-state index is 0.139. The molecule has 174 valence electrons. The first-order valence-electron chi connectivity index (χ1n) is 11.2. The normalized spacial score (nSPS) is 15.6. The second-order valence-electron chi connectivity index (χ2n) is 8.44. The fourth-order valence-electron chi connectivity index (χ4n) is 4.35. The zero-order valence-corrected chi connectivity index (χ0v) is 19.0. The topological polar surface area (TPSA) is 88.2 Å². The molecule has 1 heterocycles. The van der Waals surface area contributed by atoms with Gasteiger partial charge in [-0.25, -0.2) is 0 Å². The average molecular weight is 452 g/mol. The van der Waals surface area contributed by atoms with Crippen LogP contribution >= 0.6 is 0 Å². The lowest BCUT2D eigenvalue weighted by Gasteiger charge is -2.32. The molecule has 0 bridgehead atoms. The monoisotopic (exact) mass is 451 g/mol. The molecule has 1 N–H and O–H groups in total. The number of hydrogen-bond donors (Lipinski definition) is 1.